The lowest BCUT2D eigenvalue weighted by atomic mass is 10.3. The number of likely N-dealkylation sites (N-methyl/N-ethyl adjacent to an activating group) is 1. The van der Waals surface area contributed by atoms with Crippen molar-refractivity contribution in [2.45, 2.75) is 0 Å². The number of carbonyl (C=O) groups excluding carboxylic acids is 1. The largest absolute Gasteiger partial charge is 0.274 e. The minimum absolute atomic E-state index is 0.227. The fourth-order valence-electron chi connectivity index (χ4n) is 1.51. The van der Waals surface area contributed by atoms with Gasteiger partial charge in [0, 0.05) is 24.9 Å². The molecule has 1 aromatic carbocycles. The van der Waals surface area contributed by atoms with E-state index >= 15 is 0 Å². The summed E-state index contributed by atoms with van der Waals surface area (Å²) < 4.78 is 1.75. The molecule has 0 N–H and O–H groups in total. The van der Waals surface area contributed by atoms with Crippen LogP contribution in [0.25, 0.3) is 11.8 Å². The third-order valence-corrected chi connectivity index (χ3v) is 2.63. The van der Waals surface area contributed by atoms with Gasteiger partial charge in [0.05, 0.1) is 19.0 Å². The number of rotatable bonds is 4. The van der Waals surface area contributed by atoms with Gasteiger partial charge in [-0.25, -0.2) is 9.75 Å². The Labute approximate surface area is 111 Å². The molecule has 0 unspecified atom stereocenters. The second kappa shape index (κ2) is 5.97. The van der Waals surface area contributed by atoms with Gasteiger partial charge in [-0.3, -0.25) is 9.63 Å². The molecule has 0 aliphatic heterocycles. The van der Waals surface area contributed by atoms with Crippen LogP contribution < -0.4 is 0 Å². The molecule has 0 spiro atoms. The summed E-state index contributed by atoms with van der Waals surface area (Å²) in [6.07, 6.45) is 6.69. The Bertz CT molecular complexity index is 575. The number of hydroxylamine groups is 2. The first kappa shape index (κ1) is 13.0. The van der Waals surface area contributed by atoms with Crippen molar-refractivity contribution in [3.63, 3.8) is 0 Å². The SMILES string of the molecule is CON(C)C(=O)C=Cc1cnn(-c2ccccc2)c1. The molecule has 1 heterocycles. The highest BCUT2D eigenvalue weighted by Crippen LogP contribution is 2.08. The molecule has 0 radical (unpaired) electrons. The maximum Gasteiger partial charge on any atom is 0.269 e. The van der Waals surface area contributed by atoms with E-state index in [9.17, 15) is 4.79 Å². The van der Waals surface area contributed by atoms with Crippen molar-refractivity contribution in [3.8, 4) is 5.69 Å². The van der Waals surface area contributed by atoms with Crippen LogP contribution in [0.1, 0.15) is 5.56 Å². The minimum atomic E-state index is -0.227. The van der Waals surface area contributed by atoms with Crippen molar-refractivity contribution < 1.29 is 9.63 Å². The van der Waals surface area contributed by atoms with E-state index in [0.29, 0.717) is 0 Å². The number of aromatic nitrogens is 2. The van der Waals surface area contributed by atoms with Gasteiger partial charge in [-0.2, -0.15) is 5.10 Å². The van der Waals surface area contributed by atoms with E-state index in [2.05, 4.69) is 5.10 Å². The number of nitrogens with zero attached hydrogens (tertiary/aromatic N) is 3. The van der Waals surface area contributed by atoms with Crippen molar-refractivity contribution in [2.24, 2.45) is 0 Å². The van der Waals surface area contributed by atoms with Crippen LogP contribution in [-0.4, -0.2) is 34.9 Å². The molecule has 0 aliphatic rings. The standard InChI is InChI=1S/C14H15N3O2/c1-16(19-2)14(18)9-8-12-10-15-17(11-12)13-6-4-3-5-7-13/h3-11H,1-2H3. The van der Waals surface area contributed by atoms with E-state index in [-0.39, 0.29) is 5.91 Å². The first-order valence-electron chi connectivity index (χ1n) is 5.80. The lowest BCUT2D eigenvalue weighted by Gasteiger charge is -2.09. The number of para-hydroxylation sites is 1. The molecule has 19 heavy (non-hydrogen) atoms. The first-order chi connectivity index (χ1) is 9.20. The van der Waals surface area contributed by atoms with Gasteiger partial charge >= 0.3 is 0 Å². The maximum atomic E-state index is 11.5. The molecule has 0 aliphatic carbocycles. The van der Waals surface area contributed by atoms with E-state index in [0.717, 1.165) is 16.3 Å². The van der Waals surface area contributed by atoms with Crippen LogP contribution in [-0.2, 0) is 9.63 Å². The zero-order valence-electron chi connectivity index (χ0n) is 10.9. The lowest BCUT2D eigenvalue weighted by molar-refractivity contribution is -0.162. The second-order valence-electron chi connectivity index (χ2n) is 3.91. The summed E-state index contributed by atoms with van der Waals surface area (Å²) in [4.78, 5) is 16.3. The van der Waals surface area contributed by atoms with Gasteiger partial charge in [-0.05, 0) is 18.2 Å². The molecule has 0 saturated carbocycles. The highest BCUT2D eigenvalue weighted by molar-refractivity contribution is 5.90. The first-order valence-corrected chi connectivity index (χ1v) is 5.80. The van der Waals surface area contributed by atoms with E-state index in [1.54, 1.807) is 24.0 Å². The number of amides is 1. The zero-order chi connectivity index (χ0) is 13.7. The summed E-state index contributed by atoms with van der Waals surface area (Å²) in [5.41, 5.74) is 1.82. The Morgan fingerprint density at radius 1 is 1.37 bits per heavy atom. The van der Waals surface area contributed by atoms with Crippen LogP contribution in [0, 0.1) is 0 Å². The van der Waals surface area contributed by atoms with Gasteiger partial charge < -0.3 is 0 Å². The summed E-state index contributed by atoms with van der Waals surface area (Å²) in [5.74, 6) is -0.227. The molecule has 0 bridgehead atoms. The van der Waals surface area contributed by atoms with E-state index in [4.69, 9.17) is 4.84 Å². The molecule has 1 amide bonds. The summed E-state index contributed by atoms with van der Waals surface area (Å²) in [5, 5.41) is 5.39. The van der Waals surface area contributed by atoms with Crippen LogP contribution in [0.2, 0.25) is 0 Å². The summed E-state index contributed by atoms with van der Waals surface area (Å²) >= 11 is 0. The third kappa shape index (κ3) is 3.29. The fourth-order valence-corrected chi connectivity index (χ4v) is 1.51. The Balaban J connectivity index is 2.10. The van der Waals surface area contributed by atoms with E-state index < -0.39 is 0 Å². The van der Waals surface area contributed by atoms with Crippen molar-refractivity contribution in [2.75, 3.05) is 14.2 Å². The third-order valence-electron chi connectivity index (χ3n) is 2.63. The second-order valence-corrected chi connectivity index (χ2v) is 3.91. The molecule has 0 saturated heterocycles. The number of carbonyl (C=O) groups is 1. The van der Waals surface area contributed by atoms with Crippen LogP contribution in [0.4, 0.5) is 0 Å². The fraction of sp³-hybridized carbons (Fsp3) is 0.143. The van der Waals surface area contributed by atoms with Crippen LogP contribution in [0.5, 0.6) is 0 Å². The molecule has 2 rings (SSSR count). The Hall–Kier alpha value is -2.40. The average molecular weight is 257 g/mol. The summed E-state index contributed by atoms with van der Waals surface area (Å²) in [6, 6.07) is 9.77. The normalized spacial score (nSPS) is 10.8. The lowest BCUT2D eigenvalue weighted by Crippen LogP contribution is -2.22. The predicted molar refractivity (Wildman–Crippen MR) is 72.4 cm³/mol. The molecule has 5 nitrogen and oxygen atoms in total. The van der Waals surface area contributed by atoms with Gasteiger partial charge in [0.2, 0.25) is 0 Å². The summed E-state index contributed by atoms with van der Waals surface area (Å²) in [6.45, 7) is 0. The molecule has 0 atom stereocenters. The van der Waals surface area contributed by atoms with Gasteiger partial charge in [-0.15, -0.1) is 0 Å². The molecule has 5 heteroatoms. The summed E-state index contributed by atoms with van der Waals surface area (Å²) in [7, 11) is 3.00. The minimum Gasteiger partial charge on any atom is -0.274 e. The van der Waals surface area contributed by atoms with E-state index in [1.165, 1.54) is 13.2 Å². The van der Waals surface area contributed by atoms with Crippen LogP contribution in [0.15, 0.2) is 48.8 Å². The quantitative estimate of drug-likeness (QED) is 0.621. The van der Waals surface area contributed by atoms with Crippen molar-refractivity contribution in [1.29, 1.82) is 0 Å². The highest BCUT2D eigenvalue weighted by atomic mass is 16.7. The Morgan fingerprint density at radius 3 is 2.79 bits per heavy atom. The van der Waals surface area contributed by atoms with Crippen LogP contribution in [0.3, 0.4) is 0 Å². The van der Waals surface area contributed by atoms with E-state index in [1.807, 2.05) is 36.5 Å². The number of benzene rings is 1. The Kier molecular flexibility index (Phi) is 4.10. The highest BCUT2D eigenvalue weighted by Gasteiger charge is 2.03. The Morgan fingerprint density at radius 2 is 2.11 bits per heavy atom. The zero-order valence-corrected chi connectivity index (χ0v) is 10.9. The topological polar surface area (TPSA) is 47.4 Å². The van der Waals surface area contributed by atoms with Crippen molar-refractivity contribution >= 4 is 12.0 Å². The smallest absolute Gasteiger partial charge is 0.269 e. The van der Waals surface area contributed by atoms with Crippen molar-refractivity contribution in [1.82, 2.24) is 14.8 Å². The van der Waals surface area contributed by atoms with Gasteiger partial charge in [0.25, 0.3) is 5.91 Å². The monoisotopic (exact) mass is 257 g/mol. The predicted octanol–water partition coefficient (Wildman–Crippen LogP) is 1.91. The molecule has 2 aromatic rings. The maximum absolute atomic E-state index is 11.5. The van der Waals surface area contributed by atoms with Gasteiger partial charge in [0.15, 0.2) is 0 Å². The van der Waals surface area contributed by atoms with Crippen molar-refractivity contribution in [3.05, 3.63) is 54.4 Å². The number of hydrogen-bond acceptors (Lipinski definition) is 3. The van der Waals surface area contributed by atoms with Crippen LogP contribution >= 0.6 is 0 Å². The molecule has 98 valence electrons. The van der Waals surface area contributed by atoms with Gasteiger partial charge in [-0.1, -0.05) is 18.2 Å². The molecule has 1 aromatic heterocycles. The number of hydrogen-bond donors (Lipinski definition) is 0. The molecular weight excluding hydrogens is 242 g/mol. The van der Waals surface area contributed by atoms with Gasteiger partial charge in [0.1, 0.15) is 0 Å². The molecule has 0 fully saturated rings. The average Bonchev–Trinajstić information content (AvgIpc) is 2.93. The molecular formula is C14H15N3O2.